The number of aliphatic hydroxyl groups is 4. The Morgan fingerprint density at radius 1 is 0.660 bits per heavy atom. The maximum atomic E-state index is 12.7. The first-order chi connectivity index (χ1) is 24.4. The van der Waals surface area contributed by atoms with E-state index < -0.39 is 43.4 Å². The van der Waals surface area contributed by atoms with Crippen molar-refractivity contribution in [2.45, 2.75) is 179 Å². The van der Waals surface area contributed by atoms with Crippen molar-refractivity contribution in [3.05, 3.63) is 48.6 Å². The maximum Gasteiger partial charge on any atom is 0.306 e. The lowest BCUT2D eigenvalue weighted by Gasteiger charge is -2.39. The molecule has 0 spiro atoms. The highest BCUT2D eigenvalue weighted by molar-refractivity contribution is 5.69. The lowest BCUT2D eigenvalue weighted by Crippen LogP contribution is -2.59. The molecule has 0 amide bonds. The Kier molecular flexibility index (Phi) is 30.5. The summed E-state index contributed by atoms with van der Waals surface area (Å²) >= 11 is 0. The number of ether oxygens (including phenoxy) is 4. The molecule has 290 valence electrons. The number of carbonyl (C=O) groups excluding carboxylic acids is 1. The van der Waals surface area contributed by atoms with E-state index in [9.17, 15) is 25.2 Å². The molecule has 1 fully saturated rings. The highest BCUT2D eigenvalue weighted by Gasteiger charge is 2.44. The van der Waals surface area contributed by atoms with Crippen LogP contribution in [0.5, 0.6) is 0 Å². The maximum absolute atomic E-state index is 12.7. The molecule has 0 saturated carbocycles. The Balaban J connectivity index is 2.29. The van der Waals surface area contributed by atoms with Gasteiger partial charge in [-0.25, -0.2) is 0 Å². The molecule has 0 aromatic rings. The fourth-order valence-electron chi connectivity index (χ4n) is 5.66. The van der Waals surface area contributed by atoms with Gasteiger partial charge in [-0.05, 0) is 51.4 Å². The molecule has 6 unspecified atom stereocenters. The van der Waals surface area contributed by atoms with Gasteiger partial charge in [-0.15, -0.1) is 0 Å². The molecule has 1 saturated heterocycles. The van der Waals surface area contributed by atoms with E-state index in [2.05, 4.69) is 62.5 Å². The summed E-state index contributed by atoms with van der Waals surface area (Å²) in [5, 5.41) is 39.9. The number of unbranched alkanes of at least 4 members (excludes halogenated alkanes) is 13. The van der Waals surface area contributed by atoms with Gasteiger partial charge in [-0.1, -0.05) is 133 Å². The third-order valence-electron chi connectivity index (χ3n) is 8.76. The summed E-state index contributed by atoms with van der Waals surface area (Å²) in [5.74, 6) is -0.331. The number of allylic oxidation sites excluding steroid dienone is 8. The molecule has 9 nitrogen and oxygen atoms in total. The standard InChI is InChI=1S/C41H72O9/c1-3-5-7-9-11-13-14-15-16-17-18-19-20-21-22-23-24-26-28-30-37(43)49-35(33-47-31-29-27-25-12-10-8-6-4-2)34-48-41-40(46)39(45)38(44)36(32-42)50-41/h5,7,11,13,15-16,18-19,35-36,38-42,44-46H,3-4,6,8-10,12,14,17,20-34H2,1-2H3/b7-5-,13-11-,16-15-,19-18-. The van der Waals surface area contributed by atoms with E-state index in [-0.39, 0.29) is 19.2 Å². The van der Waals surface area contributed by atoms with Crippen LogP contribution < -0.4 is 0 Å². The Bertz CT molecular complexity index is 900. The molecule has 0 bridgehead atoms. The van der Waals surface area contributed by atoms with Crippen LogP contribution in [0.2, 0.25) is 0 Å². The summed E-state index contributed by atoms with van der Waals surface area (Å²) in [5.41, 5.74) is 0. The molecule has 1 heterocycles. The highest BCUT2D eigenvalue weighted by Crippen LogP contribution is 2.22. The monoisotopic (exact) mass is 709 g/mol. The van der Waals surface area contributed by atoms with Crippen LogP contribution in [0.3, 0.4) is 0 Å². The second kappa shape index (κ2) is 33.0. The second-order valence-corrected chi connectivity index (χ2v) is 13.4. The highest BCUT2D eigenvalue weighted by atomic mass is 16.7. The Hall–Kier alpha value is -1.85. The second-order valence-electron chi connectivity index (χ2n) is 13.4. The Morgan fingerprint density at radius 3 is 1.84 bits per heavy atom. The van der Waals surface area contributed by atoms with Crippen molar-refractivity contribution in [2.24, 2.45) is 0 Å². The van der Waals surface area contributed by atoms with Crippen LogP contribution in [0.4, 0.5) is 0 Å². The van der Waals surface area contributed by atoms with E-state index in [1.54, 1.807) is 0 Å². The summed E-state index contributed by atoms with van der Waals surface area (Å²) in [4.78, 5) is 12.7. The number of carbonyl (C=O) groups is 1. The van der Waals surface area contributed by atoms with Crippen LogP contribution in [-0.2, 0) is 23.7 Å². The van der Waals surface area contributed by atoms with Crippen molar-refractivity contribution in [1.29, 1.82) is 0 Å². The fraction of sp³-hybridized carbons (Fsp3) is 0.780. The average molecular weight is 709 g/mol. The predicted octanol–water partition coefficient (Wildman–Crippen LogP) is 7.80. The van der Waals surface area contributed by atoms with E-state index in [1.807, 2.05) is 0 Å². The van der Waals surface area contributed by atoms with E-state index in [0.29, 0.717) is 13.0 Å². The Morgan fingerprint density at radius 2 is 1.22 bits per heavy atom. The summed E-state index contributed by atoms with van der Waals surface area (Å²) in [6, 6.07) is 0. The normalized spacial score (nSPS) is 22.1. The van der Waals surface area contributed by atoms with Gasteiger partial charge >= 0.3 is 5.97 Å². The minimum absolute atomic E-state index is 0.120. The van der Waals surface area contributed by atoms with Crippen LogP contribution in [0.15, 0.2) is 48.6 Å². The zero-order valence-corrected chi connectivity index (χ0v) is 31.4. The molecule has 1 rings (SSSR count). The number of rotatable bonds is 32. The van der Waals surface area contributed by atoms with E-state index in [0.717, 1.165) is 70.6 Å². The zero-order chi connectivity index (χ0) is 36.5. The first-order valence-corrected chi connectivity index (χ1v) is 19.7. The third-order valence-corrected chi connectivity index (χ3v) is 8.76. The molecule has 0 aromatic heterocycles. The van der Waals surface area contributed by atoms with Gasteiger partial charge in [0.25, 0.3) is 0 Å². The number of hydrogen-bond acceptors (Lipinski definition) is 9. The van der Waals surface area contributed by atoms with Crippen LogP contribution in [0.25, 0.3) is 0 Å². The number of esters is 1. The molecular weight excluding hydrogens is 636 g/mol. The molecular formula is C41H72O9. The minimum atomic E-state index is -1.54. The summed E-state index contributed by atoms with van der Waals surface area (Å²) in [7, 11) is 0. The number of hydrogen-bond donors (Lipinski definition) is 4. The molecule has 9 heteroatoms. The molecule has 6 atom stereocenters. The van der Waals surface area contributed by atoms with Crippen molar-refractivity contribution in [1.82, 2.24) is 0 Å². The minimum Gasteiger partial charge on any atom is -0.457 e. The molecule has 0 radical (unpaired) electrons. The molecule has 0 aromatic carbocycles. The third kappa shape index (κ3) is 24.4. The van der Waals surface area contributed by atoms with Gasteiger partial charge in [0, 0.05) is 13.0 Å². The first-order valence-electron chi connectivity index (χ1n) is 19.7. The van der Waals surface area contributed by atoms with Gasteiger partial charge < -0.3 is 39.4 Å². The van der Waals surface area contributed by atoms with E-state index >= 15 is 0 Å². The number of aliphatic hydroxyl groups excluding tert-OH is 4. The van der Waals surface area contributed by atoms with Crippen LogP contribution in [-0.4, -0.2) is 89.6 Å². The lowest BCUT2D eigenvalue weighted by molar-refractivity contribution is -0.305. The lowest BCUT2D eigenvalue weighted by atomic mass is 9.99. The largest absolute Gasteiger partial charge is 0.457 e. The Labute approximate surface area is 303 Å². The predicted molar refractivity (Wildman–Crippen MR) is 201 cm³/mol. The summed E-state index contributed by atoms with van der Waals surface area (Å²) in [6.45, 7) is 4.38. The van der Waals surface area contributed by atoms with Crippen LogP contribution in [0.1, 0.15) is 142 Å². The summed E-state index contributed by atoms with van der Waals surface area (Å²) in [6.07, 6.45) is 31.4. The topological polar surface area (TPSA) is 135 Å². The molecule has 4 N–H and O–H groups in total. The average Bonchev–Trinajstić information content (AvgIpc) is 3.11. The van der Waals surface area contributed by atoms with Gasteiger partial charge in [0.1, 0.15) is 30.5 Å². The van der Waals surface area contributed by atoms with Gasteiger partial charge in [0.05, 0.1) is 19.8 Å². The zero-order valence-electron chi connectivity index (χ0n) is 31.4. The molecule has 50 heavy (non-hydrogen) atoms. The SMILES string of the molecule is CC/C=C\C/C=C\C/C=C\C/C=C\CCCCCCCCC(=O)OC(COCCCCCCCCCC)COC1OC(CO)C(O)C(O)C1O. The quantitative estimate of drug-likeness (QED) is 0.0314. The van der Waals surface area contributed by atoms with Crippen molar-refractivity contribution in [3.8, 4) is 0 Å². The van der Waals surface area contributed by atoms with E-state index in [4.69, 9.17) is 18.9 Å². The molecule has 0 aliphatic carbocycles. The molecule has 1 aliphatic rings. The van der Waals surface area contributed by atoms with Gasteiger partial charge in [0.2, 0.25) is 0 Å². The van der Waals surface area contributed by atoms with Crippen molar-refractivity contribution in [3.63, 3.8) is 0 Å². The van der Waals surface area contributed by atoms with Crippen molar-refractivity contribution < 1.29 is 44.2 Å². The van der Waals surface area contributed by atoms with Crippen LogP contribution in [0, 0.1) is 0 Å². The first kappa shape index (κ1) is 46.2. The molecule has 1 aliphatic heterocycles. The van der Waals surface area contributed by atoms with E-state index in [1.165, 1.54) is 51.4 Å². The summed E-state index contributed by atoms with van der Waals surface area (Å²) < 4.78 is 22.6. The van der Waals surface area contributed by atoms with Gasteiger partial charge in [0.15, 0.2) is 6.29 Å². The van der Waals surface area contributed by atoms with Gasteiger partial charge in [-0.2, -0.15) is 0 Å². The smallest absolute Gasteiger partial charge is 0.306 e. The van der Waals surface area contributed by atoms with Gasteiger partial charge in [-0.3, -0.25) is 4.79 Å². The van der Waals surface area contributed by atoms with Crippen molar-refractivity contribution in [2.75, 3.05) is 26.4 Å². The van der Waals surface area contributed by atoms with Crippen molar-refractivity contribution >= 4 is 5.97 Å². The fourth-order valence-corrected chi connectivity index (χ4v) is 5.66. The van der Waals surface area contributed by atoms with Crippen LogP contribution >= 0.6 is 0 Å².